The highest BCUT2D eigenvalue weighted by molar-refractivity contribution is 7.99. The van der Waals surface area contributed by atoms with Crippen molar-refractivity contribution in [3.8, 4) is 0 Å². The second-order valence-corrected chi connectivity index (χ2v) is 4.08. The summed E-state index contributed by atoms with van der Waals surface area (Å²) in [4.78, 5) is 0. The van der Waals surface area contributed by atoms with Gasteiger partial charge in [0.15, 0.2) is 0 Å². The first-order chi connectivity index (χ1) is 6.02. The first kappa shape index (κ1) is 13.1. The molecule has 0 bridgehead atoms. The van der Waals surface area contributed by atoms with Crippen molar-refractivity contribution in [2.45, 2.75) is 37.6 Å². The zero-order valence-corrected chi connectivity index (χ0v) is 8.42. The van der Waals surface area contributed by atoms with E-state index in [0.717, 1.165) is 24.6 Å². The van der Waals surface area contributed by atoms with Crippen LogP contribution in [0.4, 0.5) is 13.2 Å². The van der Waals surface area contributed by atoms with Gasteiger partial charge in [-0.05, 0) is 18.6 Å². The highest BCUT2D eigenvalue weighted by Gasteiger charge is 2.38. The van der Waals surface area contributed by atoms with E-state index in [1.807, 2.05) is 6.92 Å². The van der Waals surface area contributed by atoms with Gasteiger partial charge in [0, 0.05) is 6.61 Å². The fourth-order valence-corrected chi connectivity index (χ4v) is 2.03. The third-order valence-electron chi connectivity index (χ3n) is 1.57. The van der Waals surface area contributed by atoms with Gasteiger partial charge < -0.3 is 5.11 Å². The lowest BCUT2D eigenvalue weighted by atomic mass is 10.3. The van der Waals surface area contributed by atoms with Gasteiger partial charge in [-0.1, -0.05) is 13.3 Å². The number of hydrogen-bond donors (Lipinski definition) is 1. The van der Waals surface area contributed by atoms with E-state index in [4.69, 9.17) is 5.11 Å². The van der Waals surface area contributed by atoms with Crippen LogP contribution in [0.15, 0.2) is 0 Å². The van der Waals surface area contributed by atoms with Gasteiger partial charge in [0.1, 0.15) is 5.25 Å². The predicted molar refractivity (Wildman–Crippen MR) is 48.9 cm³/mol. The van der Waals surface area contributed by atoms with E-state index in [1.165, 1.54) is 0 Å². The lowest BCUT2D eigenvalue weighted by molar-refractivity contribution is -0.131. The molecule has 0 fully saturated rings. The molecule has 1 unspecified atom stereocenters. The number of thioether (sulfide) groups is 1. The van der Waals surface area contributed by atoms with Crippen molar-refractivity contribution in [1.29, 1.82) is 0 Å². The Bertz CT molecular complexity index is 127. The van der Waals surface area contributed by atoms with E-state index in [0.29, 0.717) is 5.75 Å². The Morgan fingerprint density at radius 3 is 2.38 bits per heavy atom. The zero-order chi connectivity index (χ0) is 10.3. The summed E-state index contributed by atoms with van der Waals surface area (Å²) < 4.78 is 36.6. The molecular weight excluding hydrogens is 201 g/mol. The topological polar surface area (TPSA) is 20.2 Å². The fraction of sp³-hybridized carbons (Fsp3) is 1.00. The number of alkyl halides is 3. The molecule has 1 nitrogen and oxygen atoms in total. The Balaban J connectivity index is 3.81. The highest BCUT2D eigenvalue weighted by Crippen LogP contribution is 2.32. The van der Waals surface area contributed by atoms with Crippen LogP contribution in [0.2, 0.25) is 0 Å². The normalized spacial score (nSPS) is 14.5. The van der Waals surface area contributed by atoms with Crippen LogP contribution in [-0.2, 0) is 0 Å². The molecule has 0 saturated heterocycles. The third-order valence-corrected chi connectivity index (χ3v) is 3.00. The fourth-order valence-electron chi connectivity index (χ4n) is 0.829. The number of hydrogen-bond acceptors (Lipinski definition) is 2. The molecule has 0 aromatic heterocycles. The maximum atomic E-state index is 12.2. The van der Waals surface area contributed by atoms with Crippen molar-refractivity contribution in [2.75, 3.05) is 12.4 Å². The maximum Gasteiger partial charge on any atom is 0.400 e. The van der Waals surface area contributed by atoms with E-state index in [9.17, 15) is 13.2 Å². The molecule has 0 aliphatic carbocycles. The van der Waals surface area contributed by atoms with Crippen LogP contribution in [0.25, 0.3) is 0 Å². The van der Waals surface area contributed by atoms with Crippen molar-refractivity contribution < 1.29 is 18.3 Å². The molecule has 0 heterocycles. The van der Waals surface area contributed by atoms with Gasteiger partial charge in [-0.3, -0.25) is 0 Å². The van der Waals surface area contributed by atoms with Crippen LogP contribution in [0.5, 0.6) is 0 Å². The SMILES string of the molecule is CCCCSC(CCO)C(F)(F)F. The first-order valence-corrected chi connectivity index (χ1v) is 5.36. The third kappa shape index (κ3) is 6.21. The summed E-state index contributed by atoms with van der Waals surface area (Å²) in [6.45, 7) is 1.54. The van der Waals surface area contributed by atoms with Crippen molar-refractivity contribution in [3.05, 3.63) is 0 Å². The van der Waals surface area contributed by atoms with Gasteiger partial charge in [-0.25, -0.2) is 0 Å². The molecule has 0 amide bonds. The van der Waals surface area contributed by atoms with Crippen LogP contribution >= 0.6 is 11.8 Å². The van der Waals surface area contributed by atoms with Crippen molar-refractivity contribution in [2.24, 2.45) is 0 Å². The lowest BCUT2D eigenvalue weighted by Gasteiger charge is -2.18. The molecule has 0 aromatic rings. The number of aliphatic hydroxyl groups excluding tert-OH is 1. The van der Waals surface area contributed by atoms with Gasteiger partial charge >= 0.3 is 6.18 Å². The van der Waals surface area contributed by atoms with Gasteiger partial charge in [-0.15, -0.1) is 11.8 Å². The Labute approximate surface area is 80.7 Å². The van der Waals surface area contributed by atoms with Crippen LogP contribution in [-0.4, -0.2) is 28.9 Å². The minimum atomic E-state index is -4.18. The minimum absolute atomic E-state index is 0.197. The van der Waals surface area contributed by atoms with E-state index in [1.54, 1.807) is 0 Å². The Kier molecular flexibility index (Phi) is 6.59. The minimum Gasteiger partial charge on any atom is -0.396 e. The maximum absolute atomic E-state index is 12.2. The average molecular weight is 216 g/mol. The van der Waals surface area contributed by atoms with Crippen molar-refractivity contribution in [1.82, 2.24) is 0 Å². The molecular formula is C8H15F3OS. The van der Waals surface area contributed by atoms with E-state index in [2.05, 4.69) is 0 Å². The van der Waals surface area contributed by atoms with Gasteiger partial charge in [0.25, 0.3) is 0 Å². The summed E-state index contributed by atoms with van der Waals surface area (Å²) in [6, 6.07) is 0. The van der Waals surface area contributed by atoms with Gasteiger partial charge in [-0.2, -0.15) is 13.2 Å². The predicted octanol–water partition coefficient (Wildman–Crippen LogP) is 2.83. The molecule has 1 N–H and O–H groups in total. The molecule has 80 valence electrons. The molecule has 5 heteroatoms. The highest BCUT2D eigenvalue weighted by atomic mass is 32.2. The zero-order valence-electron chi connectivity index (χ0n) is 7.60. The van der Waals surface area contributed by atoms with Gasteiger partial charge in [0.05, 0.1) is 0 Å². The second kappa shape index (κ2) is 6.54. The number of unbranched alkanes of at least 4 members (excludes halogenated alkanes) is 1. The summed E-state index contributed by atoms with van der Waals surface area (Å²) in [5.74, 6) is 0.515. The van der Waals surface area contributed by atoms with E-state index >= 15 is 0 Å². The molecule has 0 spiro atoms. The lowest BCUT2D eigenvalue weighted by Crippen LogP contribution is -2.27. The Morgan fingerprint density at radius 2 is 2.00 bits per heavy atom. The average Bonchev–Trinajstić information content (AvgIpc) is 2.01. The number of halogens is 3. The summed E-state index contributed by atoms with van der Waals surface area (Å²) in [5, 5.41) is 7.04. The van der Waals surface area contributed by atoms with Crippen molar-refractivity contribution in [3.63, 3.8) is 0 Å². The molecule has 0 aromatic carbocycles. The molecule has 0 radical (unpaired) electrons. The largest absolute Gasteiger partial charge is 0.400 e. The van der Waals surface area contributed by atoms with Gasteiger partial charge in [0.2, 0.25) is 0 Å². The van der Waals surface area contributed by atoms with E-state index in [-0.39, 0.29) is 6.42 Å². The molecule has 0 aliphatic rings. The monoisotopic (exact) mass is 216 g/mol. The summed E-state index contributed by atoms with van der Waals surface area (Å²) >= 11 is 0.893. The van der Waals surface area contributed by atoms with E-state index < -0.39 is 18.0 Å². The summed E-state index contributed by atoms with van der Waals surface area (Å²) in [5.41, 5.74) is 0. The summed E-state index contributed by atoms with van der Waals surface area (Å²) in [7, 11) is 0. The first-order valence-electron chi connectivity index (χ1n) is 4.31. The Hall–Kier alpha value is 0.100. The molecule has 0 aliphatic heterocycles. The smallest absolute Gasteiger partial charge is 0.396 e. The molecule has 0 rings (SSSR count). The second-order valence-electron chi connectivity index (χ2n) is 2.77. The Morgan fingerprint density at radius 1 is 1.38 bits per heavy atom. The quantitative estimate of drug-likeness (QED) is 0.689. The van der Waals surface area contributed by atoms with Crippen LogP contribution in [0.1, 0.15) is 26.2 Å². The molecule has 0 saturated carbocycles. The number of rotatable bonds is 6. The standard InChI is InChI=1S/C8H15F3OS/c1-2-3-6-13-7(4-5-12)8(9,10)11/h7,12H,2-6H2,1H3. The molecule has 13 heavy (non-hydrogen) atoms. The molecule has 1 atom stereocenters. The van der Waals surface area contributed by atoms with Crippen LogP contribution < -0.4 is 0 Å². The summed E-state index contributed by atoms with van der Waals surface area (Å²) in [6.07, 6.45) is -2.68. The van der Waals surface area contributed by atoms with Crippen molar-refractivity contribution >= 4 is 11.8 Å². The number of aliphatic hydroxyl groups is 1. The van der Waals surface area contributed by atoms with Crippen LogP contribution in [0, 0.1) is 0 Å². The van der Waals surface area contributed by atoms with Crippen LogP contribution in [0.3, 0.4) is 0 Å².